The lowest BCUT2D eigenvalue weighted by atomic mass is 9.78. The van der Waals surface area contributed by atoms with Gasteiger partial charge in [0.05, 0.1) is 36.3 Å². The number of hydrogen-bond donors (Lipinski definition) is 0. The highest BCUT2D eigenvalue weighted by Gasteiger charge is 2.66. The summed E-state index contributed by atoms with van der Waals surface area (Å²) in [6, 6.07) is 5.28. The molecule has 0 aliphatic carbocycles. The number of imide groups is 1. The van der Waals surface area contributed by atoms with Crippen LogP contribution in [0, 0.1) is 11.8 Å². The molecule has 0 spiro atoms. The molecule has 114 valence electrons. The van der Waals surface area contributed by atoms with Gasteiger partial charge < -0.3 is 9.47 Å². The summed E-state index contributed by atoms with van der Waals surface area (Å²) in [5.74, 6) is -0.841. The predicted molar refractivity (Wildman–Crippen MR) is 82.6 cm³/mol. The van der Waals surface area contributed by atoms with Crippen molar-refractivity contribution in [2.24, 2.45) is 11.8 Å². The van der Waals surface area contributed by atoms with Gasteiger partial charge in [-0.1, -0.05) is 28.1 Å². The van der Waals surface area contributed by atoms with Crippen LogP contribution in [0.4, 0.5) is 5.69 Å². The van der Waals surface area contributed by atoms with E-state index in [1.807, 2.05) is 25.1 Å². The average Bonchev–Trinajstić information content (AvgIpc) is 3.08. The maximum absolute atomic E-state index is 12.9. The van der Waals surface area contributed by atoms with E-state index in [0.29, 0.717) is 11.4 Å². The number of nitrogens with zero attached hydrogens (tertiary/aromatic N) is 1. The van der Waals surface area contributed by atoms with Gasteiger partial charge in [0, 0.05) is 4.47 Å². The molecule has 2 fully saturated rings. The highest BCUT2D eigenvalue weighted by Crippen LogP contribution is 2.53. The molecule has 1 aromatic carbocycles. The fraction of sp³-hybridized carbons (Fsp3) is 0.375. The lowest BCUT2D eigenvalue weighted by molar-refractivity contribution is -0.126. The third kappa shape index (κ3) is 1.62. The second-order valence-corrected chi connectivity index (χ2v) is 6.87. The van der Waals surface area contributed by atoms with Crippen LogP contribution in [0.2, 0.25) is 0 Å². The zero-order valence-corrected chi connectivity index (χ0v) is 13.7. The van der Waals surface area contributed by atoms with Gasteiger partial charge in [-0.2, -0.15) is 0 Å². The summed E-state index contributed by atoms with van der Waals surface area (Å²) in [6.45, 7) is 1.86. The van der Waals surface area contributed by atoms with Gasteiger partial charge in [-0.25, -0.2) is 4.90 Å². The molecule has 22 heavy (non-hydrogen) atoms. The van der Waals surface area contributed by atoms with Crippen molar-refractivity contribution in [1.29, 1.82) is 0 Å². The van der Waals surface area contributed by atoms with Gasteiger partial charge in [-0.05, 0) is 25.1 Å². The molecule has 6 heteroatoms. The van der Waals surface area contributed by atoms with Crippen LogP contribution >= 0.6 is 15.9 Å². The van der Waals surface area contributed by atoms with Crippen molar-refractivity contribution in [1.82, 2.24) is 0 Å². The van der Waals surface area contributed by atoms with Gasteiger partial charge in [-0.3, -0.25) is 9.59 Å². The van der Waals surface area contributed by atoms with Crippen molar-refractivity contribution in [3.63, 3.8) is 0 Å². The molecular weight excluding hydrogens is 350 g/mol. The SMILES string of the molecule is COc1ccc(Br)cc1N1C(=O)[C@@H]2[C@H]3C=C[C@@](C)(O3)[C@H]2C1=O. The van der Waals surface area contributed by atoms with E-state index in [1.165, 1.54) is 12.0 Å². The first-order chi connectivity index (χ1) is 10.5. The van der Waals surface area contributed by atoms with Crippen LogP contribution in [0.1, 0.15) is 6.92 Å². The van der Waals surface area contributed by atoms with Crippen LogP contribution in [-0.2, 0) is 14.3 Å². The van der Waals surface area contributed by atoms with E-state index in [9.17, 15) is 9.59 Å². The average molecular weight is 364 g/mol. The Labute approximate surface area is 136 Å². The molecular formula is C16H14BrNO4. The first-order valence-corrected chi connectivity index (χ1v) is 7.84. The maximum Gasteiger partial charge on any atom is 0.241 e. The number of benzene rings is 1. The van der Waals surface area contributed by atoms with Gasteiger partial charge >= 0.3 is 0 Å². The Morgan fingerprint density at radius 3 is 2.77 bits per heavy atom. The largest absolute Gasteiger partial charge is 0.495 e. The molecule has 0 unspecified atom stereocenters. The van der Waals surface area contributed by atoms with Crippen LogP contribution in [0.3, 0.4) is 0 Å². The zero-order valence-electron chi connectivity index (χ0n) is 12.1. The molecule has 4 rings (SSSR count). The van der Waals surface area contributed by atoms with E-state index in [4.69, 9.17) is 9.47 Å². The standard InChI is InChI=1S/C16H14BrNO4/c1-16-6-5-11(22-16)12-13(16)15(20)18(14(12)19)9-7-8(17)3-4-10(9)21-2/h3-7,11-13H,1-2H3/t11-,12-,13-,16-/m1/s1. The van der Waals surface area contributed by atoms with E-state index < -0.39 is 17.4 Å². The molecule has 3 aliphatic heterocycles. The van der Waals surface area contributed by atoms with Crippen LogP contribution in [0.25, 0.3) is 0 Å². The molecule has 4 atom stereocenters. The zero-order chi connectivity index (χ0) is 15.6. The lowest BCUT2D eigenvalue weighted by Crippen LogP contribution is -2.38. The number of carbonyl (C=O) groups is 2. The fourth-order valence-electron chi connectivity index (χ4n) is 3.73. The van der Waals surface area contributed by atoms with Crippen LogP contribution in [0.15, 0.2) is 34.8 Å². The van der Waals surface area contributed by atoms with Crippen molar-refractivity contribution in [2.45, 2.75) is 18.6 Å². The lowest BCUT2D eigenvalue weighted by Gasteiger charge is -2.24. The van der Waals surface area contributed by atoms with Gasteiger partial charge in [-0.15, -0.1) is 0 Å². The van der Waals surface area contributed by atoms with Crippen molar-refractivity contribution in [3.8, 4) is 5.75 Å². The number of methoxy groups -OCH3 is 1. The summed E-state index contributed by atoms with van der Waals surface area (Å²) < 4.78 is 11.9. The summed E-state index contributed by atoms with van der Waals surface area (Å²) in [7, 11) is 1.52. The Bertz CT molecular complexity index is 731. The summed E-state index contributed by atoms with van der Waals surface area (Å²) in [5, 5.41) is 0. The summed E-state index contributed by atoms with van der Waals surface area (Å²) in [6.07, 6.45) is 3.47. The second kappa shape index (κ2) is 4.43. The Morgan fingerprint density at radius 1 is 1.32 bits per heavy atom. The van der Waals surface area contributed by atoms with Gasteiger partial charge in [0.15, 0.2) is 0 Å². The smallest absolute Gasteiger partial charge is 0.241 e. The highest BCUT2D eigenvalue weighted by molar-refractivity contribution is 9.10. The van der Waals surface area contributed by atoms with E-state index in [2.05, 4.69) is 15.9 Å². The number of halogens is 1. The van der Waals surface area contributed by atoms with Crippen molar-refractivity contribution in [2.75, 3.05) is 12.0 Å². The summed E-state index contributed by atoms with van der Waals surface area (Å²) in [4.78, 5) is 27.0. The number of carbonyl (C=O) groups excluding carboxylic acids is 2. The monoisotopic (exact) mass is 363 g/mol. The highest BCUT2D eigenvalue weighted by atomic mass is 79.9. The van der Waals surface area contributed by atoms with Crippen molar-refractivity contribution in [3.05, 3.63) is 34.8 Å². The Kier molecular flexibility index (Phi) is 2.81. The van der Waals surface area contributed by atoms with Crippen LogP contribution < -0.4 is 9.64 Å². The molecule has 2 amide bonds. The number of fused-ring (bicyclic) bond motifs is 5. The molecule has 2 saturated heterocycles. The number of hydrogen-bond acceptors (Lipinski definition) is 4. The van der Waals surface area contributed by atoms with Gasteiger partial charge in [0.25, 0.3) is 0 Å². The number of rotatable bonds is 2. The van der Waals surface area contributed by atoms with E-state index in [0.717, 1.165) is 4.47 Å². The first kappa shape index (κ1) is 14.0. The molecule has 1 aromatic rings. The fourth-order valence-corrected chi connectivity index (χ4v) is 4.08. The molecule has 0 N–H and O–H groups in total. The van der Waals surface area contributed by atoms with Gasteiger partial charge in [0.1, 0.15) is 5.75 Å². The normalized spacial score (nSPS) is 35.4. The quantitative estimate of drug-likeness (QED) is 0.597. The Hall–Kier alpha value is -1.66. The van der Waals surface area contributed by atoms with E-state index >= 15 is 0 Å². The molecule has 3 aliphatic rings. The molecule has 0 radical (unpaired) electrons. The molecule has 3 heterocycles. The van der Waals surface area contributed by atoms with E-state index in [1.54, 1.807) is 12.1 Å². The van der Waals surface area contributed by atoms with Gasteiger partial charge in [0.2, 0.25) is 11.8 Å². The minimum absolute atomic E-state index is 0.218. The second-order valence-electron chi connectivity index (χ2n) is 5.96. The number of ether oxygens (including phenoxy) is 2. The summed E-state index contributed by atoms with van der Waals surface area (Å²) in [5.41, 5.74) is -0.208. The van der Waals surface area contributed by atoms with Crippen LogP contribution in [-0.4, -0.2) is 30.6 Å². The molecule has 0 saturated carbocycles. The predicted octanol–water partition coefficient (Wildman–Crippen LogP) is 2.29. The minimum atomic E-state index is -0.684. The maximum atomic E-state index is 12.9. The first-order valence-electron chi connectivity index (χ1n) is 7.05. The van der Waals surface area contributed by atoms with Crippen molar-refractivity contribution < 1.29 is 19.1 Å². The van der Waals surface area contributed by atoms with Crippen molar-refractivity contribution >= 4 is 33.4 Å². The molecule has 2 bridgehead atoms. The summed E-state index contributed by atoms with van der Waals surface area (Å²) >= 11 is 3.38. The third-order valence-corrected chi connectivity index (χ3v) is 5.20. The minimum Gasteiger partial charge on any atom is -0.495 e. The Morgan fingerprint density at radius 2 is 2.09 bits per heavy atom. The van der Waals surface area contributed by atoms with E-state index in [-0.39, 0.29) is 17.9 Å². The topological polar surface area (TPSA) is 55.8 Å². The third-order valence-electron chi connectivity index (χ3n) is 4.71. The molecule has 5 nitrogen and oxygen atoms in total. The molecule has 0 aromatic heterocycles. The Balaban J connectivity index is 1.82. The number of anilines is 1. The van der Waals surface area contributed by atoms with Crippen LogP contribution in [0.5, 0.6) is 5.75 Å². The number of amides is 2.